The highest BCUT2D eigenvalue weighted by atomic mass is 31.1. The van der Waals surface area contributed by atoms with E-state index in [4.69, 9.17) is 9.46 Å². The molecule has 0 aliphatic rings. The second kappa shape index (κ2) is 15.6. The van der Waals surface area contributed by atoms with Crippen molar-refractivity contribution in [2.75, 3.05) is 0 Å². The Morgan fingerprint density at radius 1 is 1.75 bits per heavy atom. The van der Waals surface area contributed by atoms with Gasteiger partial charge in [0.2, 0.25) is 0 Å². The van der Waals surface area contributed by atoms with E-state index in [-0.39, 0.29) is 0 Å². The van der Waals surface area contributed by atoms with Crippen molar-refractivity contribution < 1.29 is 9.46 Å². The van der Waals surface area contributed by atoms with Crippen LogP contribution < -0.4 is 0 Å². The van der Waals surface area contributed by atoms with Gasteiger partial charge < -0.3 is 4.89 Å². The Labute approximate surface area is 58.3 Å². The number of hydrogen-bond acceptors (Lipinski definition) is 1. The van der Waals surface area contributed by atoms with Gasteiger partial charge in [0.15, 0.2) is 15.2 Å². The molecule has 0 spiro atoms. The van der Waals surface area contributed by atoms with Crippen LogP contribution >= 0.6 is 8.69 Å². The molecule has 0 aliphatic heterocycles. The van der Waals surface area contributed by atoms with Crippen LogP contribution in [0.2, 0.25) is 11.1 Å². The Kier molecular flexibility index (Phi) is 22.3. The molecule has 0 aromatic carbocycles. The SMILES string of the molecule is CC[CH2][Al][CH3].O=PO. The zero-order valence-electron chi connectivity index (χ0n) is 5.29. The highest BCUT2D eigenvalue weighted by Crippen LogP contribution is 1.81. The fourth-order valence-corrected chi connectivity index (χ4v) is 0.866. The summed E-state index contributed by atoms with van der Waals surface area (Å²) >= 11 is 0.786. The first kappa shape index (κ1) is 11.4. The average Bonchev–Trinajstić information content (AvgIpc) is 1.71. The van der Waals surface area contributed by atoms with Gasteiger partial charge in [-0.25, -0.2) is 4.57 Å². The Bertz CT molecular complexity index is 41.0. The highest BCUT2D eigenvalue weighted by molar-refractivity contribution is 7.16. The van der Waals surface area contributed by atoms with Gasteiger partial charge in [0.1, 0.15) is 0 Å². The van der Waals surface area contributed by atoms with Crippen molar-refractivity contribution in [3.05, 3.63) is 0 Å². The Balaban J connectivity index is 0. The van der Waals surface area contributed by atoms with Crippen LogP contribution in [0.15, 0.2) is 0 Å². The maximum atomic E-state index is 8.46. The quantitative estimate of drug-likeness (QED) is 0.479. The van der Waals surface area contributed by atoms with Crippen molar-refractivity contribution >= 4 is 23.9 Å². The first-order chi connectivity index (χ1) is 3.83. The van der Waals surface area contributed by atoms with Crippen molar-refractivity contribution in [1.82, 2.24) is 0 Å². The van der Waals surface area contributed by atoms with E-state index >= 15 is 0 Å². The van der Waals surface area contributed by atoms with Crippen LogP contribution in [-0.4, -0.2) is 20.1 Å². The summed E-state index contributed by atoms with van der Waals surface area (Å²) in [6.45, 7) is 2.23. The van der Waals surface area contributed by atoms with Crippen LogP contribution in [0.25, 0.3) is 0 Å². The standard InChI is InChI=1S/C3H7.CH3.Al.HO2P/c1-3-2;;;1-3-2/h1,3H2,2H3;1H3;;(H,1,2). The molecule has 0 atom stereocenters. The van der Waals surface area contributed by atoms with Crippen molar-refractivity contribution in [1.29, 1.82) is 0 Å². The number of hydrogen-bond donors (Lipinski definition) is 1. The lowest BCUT2D eigenvalue weighted by Gasteiger charge is -1.76. The van der Waals surface area contributed by atoms with Crippen LogP contribution in [0, 0.1) is 0 Å². The molecule has 0 fully saturated rings. The summed E-state index contributed by atoms with van der Waals surface area (Å²) < 4.78 is 8.46. The van der Waals surface area contributed by atoms with Crippen LogP contribution in [0.5, 0.6) is 0 Å². The zero-order chi connectivity index (χ0) is 6.83. The first-order valence-electron chi connectivity index (χ1n) is 2.58. The van der Waals surface area contributed by atoms with Crippen LogP contribution in [0.3, 0.4) is 0 Å². The third-order valence-corrected chi connectivity index (χ3v) is 1.73. The van der Waals surface area contributed by atoms with Gasteiger partial charge in [-0.1, -0.05) is 13.3 Å². The molecule has 1 radical (unpaired) electrons. The highest BCUT2D eigenvalue weighted by Gasteiger charge is 1.72. The van der Waals surface area contributed by atoms with Crippen LogP contribution in [0.4, 0.5) is 0 Å². The fourth-order valence-electron chi connectivity index (χ4n) is 0.289. The summed E-state index contributed by atoms with van der Waals surface area (Å²) in [5.41, 5.74) is 0. The Morgan fingerprint density at radius 3 is 2.12 bits per heavy atom. The van der Waals surface area contributed by atoms with E-state index in [0.717, 1.165) is 15.2 Å². The molecule has 8 heavy (non-hydrogen) atoms. The van der Waals surface area contributed by atoms with Gasteiger partial charge in [0, 0.05) is 0 Å². The van der Waals surface area contributed by atoms with E-state index in [9.17, 15) is 0 Å². The van der Waals surface area contributed by atoms with Crippen LogP contribution in [-0.2, 0) is 4.57 Å². The molecule has 1 N–H and O–H groups in total. The van der Waals surface area contributed by atoms with E-state index in [1.165, 1.54) is 11.7 Å². The van der Waals surface area contributed by atoms with Gasteiger partial charge in [-0.15, -0.1) is 11.1 Å². The van der Waals surface area contributed by atoms with Gasteiger partial charge in [0.05, 0.1) is 0 Å². The maximum Gasteiger partial charge on any atom is 0.324 e. The van der Waals surface area contributed by atoms with Gasteiger partial charge in [-0.05, 0) is 0 Å². The minimum absolute atomic E-state index is 0.786. The molecule has 0 heterocycles. The molecule has 47 valence electrons. The average molecular weight is 149 g/mol. The van der Waals surface area contributed by atoms with Gasteiger partial charge in [-0.3, -0.25) is 0 Å². The van der Waals surface area contributed by atoms with Crippen molar-refractivity contribution in [3.8, 4) is 0 Å². The smallest absolute Gasteiger partial charge is 0.310 e. The summed E-state index contributed by atoms with van der Waals surface area (Å²) in [5.74, 6) is 2.30. The summed E-state index contributed by atoms with van der Waals surface area (Å²) in [6, 6.07) is 0. The lowest BCUT2D eigenvalue weighted by atomic mass is 10.6. The molecule has 0 aromatic rings. The predicted octanol–water partition coefficient (Wildman–Crippen LogP) is 1.75. The molecule has 0 aliphatic carbocycles. The minimum Gasteiger partial charge on any atom is -0.310 e. The molecule has 0 aromatic heterocycles. The van der Waals surface area contributed by atoms with E-state index in [2.05, 4.69) is 12.7 Å². The third-order valence-electron chi connectivity index (χ3n) is 0.577. The summed E-state index contributed by atoms with van der Waals surface area (Å²) in [6.07, 6.45) is 1.38. The van der Waals surface area contributed by atoms with Gasteiger partial charge >= 0.3 is 8.69 Å². The molecule has 0 saturated heterocycles. The topological polar surface area (TPSA) is 37.3 Å². The minimum atomic E-state index is -0.833. The molecular weight excluding hydrogens is 138 g/mol. The molecule has 4 heteroatoms. The van der Waals surface area contributed by atoms with E-state index in [1.807, 2.05) is 0 Å². The molecule has 0 bridgehead atoms. The Morgan fingerprint density at radius 2 is 2.12 bits per heavy atom. The third kappa shape index (κ3) is 30.7. The van der Waals surface area contributed by atoms with Crippen molar-refractivity contribution in [3.63, 3.8) is 0 Å². The monoisotopic (exact) mass is 149 g/mol. The van der Waals surface area contributed by atoms with Crippen molar-refractivity contribution in [2.45, 2.75) is 24.4 Å². The summed E-state index contributed by atoms with van der Waals surface area (Å²) in [5, 5.41) is 1.47. The lowest BCUT2D eigenvalue weighted by molar-refractivity contribution is 0.524. The second-order valence-electron chi connectivity index (χ2n) is 1.28. The largest absolute Gasteiger partial charge is 0.324 e. The maximum absolute atomic E-state index is 8.46. The number of rotatable bonds is 2. The van der Waals surface area contributed by atoms with Gasteiger partial charge in [0.25, 0.3) is 0 Å². The molecule has 2 nitrogen and oxygen atoms in total. The van der Waals surface area contributed by atoms with E-state index in [0.29, 0.717) is 0 Å². The lowest BCUT2D eigenvalue weighted by Crippen LogP contribution is -1.73. The van der Waals surface area contributed by atoms with Crippen LogP contribution in [0.1, 0.15) is 13.3 Å². The normalized spacial score (nSPS) is 7.38. The molecular formula is C4H11AlO2P. The van der Waals surface area contributed by atoms with E-state index in [1.54, 1.807) is 0 Å². The second-order valence-corrected chi connectivity index (χ2v) is 2.84. The van der Waals surface area contributed by atoms with E-state index < -0.39 is 8.69 Å². The molecule has 0 rings (SSSR count). The van der Waals surface area contributed by atoms with Gasteiger partial charge in [-0.2, -0.15) is 0 Å². The van der Waals surface area contributed by atoms with Crippen molar-refractivity contribution in [2.24, 2.45) is 0 Å². The summed E-state index contributed by atoms with van der Waals surface area (Å²) in [7, 11) is -0.833. The molecule has 0 saturated carbocycles. The zero-order valence-corrected chi connectivity index (χ0v) is 7.34. The molecule has 0 unspecified atom stereocenters. The Hall–Kier alpha value is 0.592. The summed E-state index contributed by atoms with van der Waals surface area (Å²) in [4.78, 5) is 6.99. The predicted molar refractivity (Wildman–Crippen MR) is 36.5 cm³/mol. The molecule has 0 amide bonds. The fraction of sp³-hybridized carbons (Fsp3) is 1.00. The first-order valence-corrected chi connectivity index (χ1v) is 5.31.